The van der Waals surface area contributed by atoms with E-state index in [0.29, 0.717) is 11.7 Å². The first-order chi connectivity index (χ1) is 16.5. The van der Waals surface area contributed by atoms with E-state index in [1.165, 1.54) is 24.0 Å². The zero-order chi connectivity index (χ0) is 23.3. The average Bonchev–Trinajstić information content (AvgIpc) is 3.35. The van der Waals surface area contributed by atoms with E-state index < -0.39 is 0 Å². The van der Waals surface area contributed by atoms with Crippen molar-refractivity contribution in [2.45, 2.75) is 31.6 Å². The number of hydrogen-bond donors (Lipinski definition) is 2. The summed E-state index contributed by atoms with van der Waals surface area (Å²) in [6.07, 6.45) is 15.3. The maximum atomic E-state index is 6.32. The van der Waals surface area contributed by atoms with Gasteiger partial charge in [0.1, 0.15) is 11.5 Å². The molecule has 1 fully saturated rings. The van der Waals surface area contributed by atoms with E-state index in [9.17, 15) is 0 Å². The molecule has 2 aliphatic rings. The minimum Gasteiger partial charge on any atom is -0.384 e. The van der Waals surface area contributed by atoms with Crippen LogP contribution < -0.4 is 5.73 Å². The molecule has 4 heterocycles. The molecule has 1 saturated carbocycles. The zero-order valence-electron chi connectivity index (χ0n) is 19.5. The quantitative estimate of drug-likeness (QED) is 0.447. The molecule has 1 aromatic carbocycles. The third-order valence-corrected chi connectivity index (χ3v) is 7.23. The number of aromatic amines is 1. The number of benzene rings is 1. The third kappa shape index (κ3) is 3.46. The topological polar surface area (TPSA) is 84.9 Å². The molecule has 3 aromatic heterocycles. The fraction of sp³-hybridized carbons (Fsp3) is 0.250. The highest BCUT2D eigenvalue weighted by Gasteiger charge is 2.48. The third-order valence-electron chi connectivity index (χ3n) is 7.23. The number of aromatic nitrogens is 4. The standard InChI is InChI=1S/C28H28N6/c1-18-8-9-26(29)33-25(13-24(18)28(10-11-28)21-6-4-3-5-7-21)23-16-31-27-22(23)12-19(14-30-27)20-15-32-34(2)17-20/h3-7,9,12-18H,8,10-11,29H2,1-2H3,(H,30,31)/b24-13+,26-9+,33-25+. The molecule has 1 aliphatic carbocycles. The number of nitrogens with one attached hydrogen (secondary N) is 1. The number of pyridine rings is 1. The highest BCUT2D eigenvalue weighted by Crippen LogP contribution is 2.56. The van der Waals surface area contributed by atoms with Gasteiger partial charge in [0.2, 0.25) is 0 Å². The van der Waals surface area contributed by atoms with Gasteiger partial charge in [0.15, 0.2) is 0 Å². The van der Waals surface area contributed by atoms with Crippen molar-refractivity contribution in [3.8, 4) is 11.1 Å². The second-order valence-electron chi connectivity index (χ2n) is 9.54. The van der Waals surface area contributed by atoms with E-state index in [0.717, 1.165) is 39.9 Å². The Bertz CT molecular complexity index is 1460. The summed E-state index contributed by atoms with van der Waals surface area (Å²) < 4.78 is 1.80. The largest absolute Gasteiger partial charge is 0.384 e. The Morgan fingerprint density at radius 1 is 1.12 bits per heavy atom. The van der Waals surface area contributed by atoms with Crippen molar-refractivity contribution in [2.24, 2.45) is 23.7 Å². The molecule has 1 aliphatic heterocycles. The van der Waals surface area contributed by atoms with Crippen LogP contribution in [-0.4, -0.2) is 25.5 Å². The minimum absolute atomic E-state index is 0.0899. The van der Waals surface area contributed by atoms with Gasteiger partial charge in [-0.3, -0.25) is 4.68 Å². The molecule has 0 amide bonds. The van der Waals surface area contributed by atoms with Crippen molar-refractivity contribution in [3.05, 3.63) is 95.9 Å². The van der Waals surface area contributed by atoms with Gasteiger partial charge in [-0.05, 0) is 49.0 Å². The first kappa shape index (κ1) is 20.7. The van der Waals surface area contributed by atoms with E-state index in [1.807, 2.05) is 31.8 Å². The number of nitrogens with zero attached hydrogens (tertiary/aromatic N) is 4. The fourth-order valence-corrected chi connectivity index (χ4v) is 5.25. The van der Waals surface area contributed by atoms with E-state index in [-0.39, 0.29) is 5.41 Å². The summed E-state index contributed by atoms with van der Waals surface area (Å²) in [6, 6.07) is 13.0. The van der Waals surface area contributed by atoms with Crippen LogP contribution in [0.3, 0.4) is 0 Å². The summed E-state index contributed by atoms with van der Waals surface area (Å²) in [4.78, 5) is 12.9. The van der Waals surface area contributed by atoms with Crippen LogP contribution in [0.1, 0.15) is 37.3 Å². The van der Waals surface area contributed by atoms with Crippen molar-refractivity contribution in [1.82, 2.24) is 19.7 Å². The van der Waals surface area contributed by atoms with Gasteiger partial charge >= 0.3 is 0 Å². The van der Waals surface area contributed by atoms with Crippen LogP contribution in [0.2, 0.25) is 0 Å². The summed E-state index contributed by atoms with van der Waals surface area (Å²) >= 11 is 0. The van der Waals surface area contributed by atoms with Crippen LogP contribution in [0.4, 0.5) is 0 Å². The Morgan fingerprint density at radius 2 is 1.94 bits per heavy atom. The van der Waals surface area contributed by atoms with E-state index >= 15 is 0 Å². The second-order valence-corrected chi connectivity index (χ2v) is 9.54. The molecule has 0 saturated heterocycles. The number of aliphatic imine (C=N–C) groups is 1. The lowest BCUT2D eigenvalue weighted by Gasteiger charge is -2.26. The number of aryl methyl sites for hydroxylation is 1. The van der Waals surface area contributed by atoms with Gasteiger partial charge in [-0.25, -0.2) is 9.98 Å². The van der Waals surface area contributed by atoms with E-state index in [2.05, 4.69) is 70.5 Å². The van der Waals surface area contributed by atoms with Crippen molar-refractivity contribution < 1.29 is 0 Å². The normalized spacial score (nSPS) is 24.3. The molecule has 6 nitrogen and oxygen atoms in total. The van der Waals surface area contributed by atoms with Crippen LogP contribution in [0.5, 0.6) is 0 Å². The molecule has 0 bridgehead atoms. The maximum absolute atomic E-state index is 6.32. The number of hydrogen-bond acceptors (Lipinski definition) is 4. The summed E-state index contributed by atoms with van der Waals surface area (Å²) in [7, 11) is 1.92. The Morgan fingerprint density at radius 3 is 2.68 bits per heavy atom. The van der Waals surface area contributed by atoms with Crippen molar-refractivity contribution in [2.75, 3.05) is 0 Å². The fourth-order valence-electron chi connectivity index (χ4n) is 5.25. The molecule has 1 atom stereocenters. The van der Waals surface area contributed by atoms with Crippen LogP contribution in [0.15, 0.2) is 89.7 Å². The minimum atomic E-state index is 0.0899. The Kier molecular flexibility index (Phi) is 4.76. The van der Waals surface area contributed by atoms with Crippen LogP contribution in [-0.2, 0) is 12.5 Å². The van der Waals surface area contributed by atoms with Gasteiger partial charge in [-0.2, -0.15) is 5.10 Å². The number of fused-ring (bicyclic) bond motifs is 1. The molecule has 0 radical (unpaired) electrons. The predicted octanol–water partition coefficient (Wildman–Crippen LogP) is 5.25. The van der Waals surface area contributed by atoms with Gasteiger partial charge in [-0.1, -0.05) is 42.8 Å². The number of nitrogens with two attached hydrogens (primary N) is 1. The summed E-state index contributed by atoms with van der Waals surface area (Å²) in [5.74, 6) is 0.938. The van der Waals surface area contributed by atoms with Gasteiger partial charge in [-0.15, -0.1) is 0 Å². The number of allylic oxidation sites excluding steroid dienone is 3. The number of H-pyrrole nitrogens is 1. The second kappa shape index (κ2) is 7.83. The summed E-state index contributed by atoms with van der Waals surface area (Å²) in [5.41, 5.74) is 14.0. The van der Waals surface area contributed by atoms with Crippen molar-refractivity contribution >= 4 is 16.7 Å². The van der Waals surface area contributed by atoms with Gasteiger partial charge in [0, 0.05) is 53.1 Å². The molecule has 6 rings (SSSR count). The molecule has 1 unspecified atom stereocenters. The molecule has 6 heteroatoms. The smallest absolute Gasteiger partial charge is 0.137 e. The first-order valence-corrected chi connectivity index (χ1v) is 11.8. The van der Waals surface area contributed by atoms with Crippen LogP contribution >= 0.6 is 0 Å². The monoisotopic (exact) mass is 448 g/mol. The Hall–Kier alpha value is -3.93. The lowest BCUT2D eigenvalue weighted by molar-refractivity contribution is 0.604. The highest BCUT2D eigenvalue weighted by atomic mass is 15.2. The molecule has 3 N–H and O–H groups in total. The van der Waals surface area contributed by atoms with E-state index in [4.69, 9.17) is 10.7 Å². The number of rotatable bonds is 4. The van der Waals surface area contributed by atoms with Crippen LogP contribution in [0, 0.1) is 5.92 Å². The zero-order valence-corrected chi connectivity index (χ0v) is 19.5. The van der Waals surface area contributed by atoms with Crippen molar-refractivity contribution in [3.63, 3.8) is 0 Å². The molecule has 0 spiro atoms. The SMILES string of the molecule is CC1C/C=C(N)/N=C(c2c[nH]c3ncc(-c4cnn(C)c4)cc23)\C=C/1C1(c2ccccc2)CC1. The first-order valence-electron chi connectivity index (χ1n) is 11.8. The summed E-state index contributed by atoms with van der Waals surface area (Å²) in [6.45, 7) is 2.30. The van der Waals surface area contributed by atoms with Crippen LogP contribution in [0.25, 0.3) is 22.2 Å². The van der Waals surface area contributed by atoms with Gasteiger partial charge in [0.25, 0.3) is 0 Å². The Balaban J connectivity index is 1.50. The molecular formula is C28H28N6. The summed E-state index contributed by atoms with van der Waals surface area (Å²) in [5, 5.41) is 5.34. The van der Waals surface area contributed by atoms with E-state index in [1.54, 1.807) is 4.68 Å². The molecule has 34 heavy (non-hydrogen) atoms. The lowest BCUT2D eigenvalue weighted by atomic mass is 9.78. The predicted molar refractivity (Wildman–Crippen MR) is 136 cm³/mol. The Labute approximate surface area is 198 Å². The maximum Gasteiger partial charge on any atom is 0.137 e. The molecule has 4 aromatic rings. The molecule has 170 valence electrons. The highest BCUT2D eigenvalue weighted by molar-refractivity contribution is 6.17. The van der Waals surface area contributed by atoms with Gasteiger partial charge < -0.3 is 10.7 Å². The average molecular weight is 449 g/mol. The lowest BCUT2D eigenvalue weighted by Crippen LogP contribution is -2.20. The van der Waals surface area contributed by atoms with Crippen molar-refractivity contribution in [1.29, 1.82) is 0 Å². The molecular weight excluding hydrogens is 420 g/mol. The van der Waals surface area contributed by atoms with Gasteiger partial charge in [0.05, 0.1) is 11.9 Å².